The van der Waals surface area contributed by atoms with Crippen LogP contribution in [0.25, 0.3) is 0 Å². The highest BCUT2D eigenvalue weighted by atomic mass is 79.9. The summed E-state index contributed by atoms with van der Waals surface area (Å²) in [7, 11) is 0. The Hall–Kier alpha value is -1.33. The van der Waals surface area contributed by atoms with E-state index in [1.54, 1.807) is 18.3 Å². The van der Waals surface area contributed by atoms with E-state index in [4.69, 9.17) is 17.3 Å². The van der Waals surface area contributed by atoms with Crippen molar-refractivity contribution in [2.75, 3.05) is 11.1 Å². The monoisotopic (exact) mass is 315 g/mol. The van der Waals surface area contributed by atoms with Crippen molar-refractivity contribution < 1.29 is 4.39 Å². The Kier molecular flexibility index (Phi) is 3.49. The number of anilines is 3. The molecule has 3 N–H and O–H groups in total. The Morgan fingerprint density at radius 1 is 1.35 bits per heavy atom. The van der Waals surface area contributed by atoms with Gasteiger partial charge in [0.15, 0.2) is 0 Å². The average Bonchev–Trinajstić information content (AvgIpc) is 2.23. The van der Waals surface area contributed by atoms with Crippen LogP contribution in [0.1, 0.15) is 0 Å². The van der Waals surface area contributed by atoms with Gasteiger partial charge in [-0.25, -0.2) is 9.37 Å². The Bertz CT molecular complexity index is 539. The SMILES string of the molecule is Nc1cc(Nc2c(Cl)cc(F)cc2Br)ccn1. The Balaban J connectivity index is 2.36. The molecular formula is C11H8BrClFN3. The van der Waals surface area contributed by atoms with Crippen LogP contribution >= 0.6 is 27.5 Å². The smallest absolute Gasteiger partial charge is 0.125 e. The first-order chi connectivity index (χ1) is 8.06. The lowest BCUT2D eigenvalue weighted by molar-refractivity contribution is 0.627. The van der Waals surface area contributed by atoms with E-state index in [9.17, 15) is 4.39 Å². The summed E-state index contributed by atoms with van der Waals surface area (Å²) in [5.41, 5.74) is 6.87. The summed E-state index contributed by atoms with van der Waals surface area (Å²) in [6, 6.07) is 5.96. The van der Waals surface area contributed by atoms with E-state index in [2.05, 4.69) is 26.2 Å². The second-order valence-electron chi connectivity index (χ2n) is 3.34. The molecule has 6 heteroatoms. The number of halogens is 3. The predicted molar refractivity (Wildman–Crippen MR) is 71.0 cm³/mol. The van der Waals surface area contributed by atoms with Gasteiger partial charge in [0.05, 0.1) is 10.7 Å². The van der Waals surface area contributed by atoms with Crippen LogP contribution in [0.2, 0.25) is 5.02 Å². The molecule has 0 saturated heterocycles. The third-order valence-electron chi connectivity index (χ3n) is 2.06. The number of nitrogens with zero attached hydrogens (tertiary/aromatic N) is 1. The summed E-state index contributed by atoms with van der Waals surface area (Å²) < 4.78 is 13.6. The van der Waals surface area contributed by atoms with Crippen LogP contribution in [0.5, 0.6) is 0 Å². The van der Waals surface area contributed by atoms with Gasteiger partial charge in [-0.3, -0.25) is 0 Å². The zero-order valence-corrected chi connectivity index (χ0v) is 10.9. The number of nitrogen functional groups attached to an aromatic ring is 1. The number of benzene rings is 1. The minimum atomic E-state index is -0.401. The minimum absolute atomic E-state index is 0.284. The van der Waals surface area contributed by atoms with Gasteiger partial charge in [0.2, 0.25) is 0 Å². The lowest BCUT2D eigenvalue weighted by Crippen LogP contribution is -1.96. The second kappa shape index (κ2) is 4.89. The van der Waals surface area contributed by atoms with Gasteiger partial charge in [0, 0.05) is 22.4 Å². The van der Waals surface area contributed by atoms with Gasteiger partial charge in [-0.1, -0.05) is 11.6 Å². The molecule has 3 nitrogen and oxygen atoms in total. The number of rotatable bonds is 2. The zero-order valence-electron chi connectivity index (χ0n) is 8.55. The van der Waals surface area contributed by atoms with Crippen molar-refractivity contribution in [2.24, 2.45) is 0 Å². The highest BCUT2D eigenvalue weighted by Gasteiger charge is 2.08. The van der Waals surface area contributed by atoms with Crippen molar-refractivity contribution in [3.63, 3.8) is 0 Å². The largest absolute Gasteiger partial charge is 0.384 e. The standard InChI is InChI=1S/C11H8BrClFN3/c12-8-3-6(14)4-9(13)11(8)17-7-1-2-16-10(15)5-7/h1-5H,(H3,15,16,17). The van der Waals surface area contributed by atoms with E-state index in [1.807, 2.05) is 0 Å². The molecule has 0 radical (unpaired) electrons. The molecule has 0 bridgehead atoms. The predicted octanol–water partition coefficient (Wildman–Crippen LogP) is 3.96. The van der Waals surface area contributed by atoms with E-state index < -0.39 is 5.82 Å². The fourth-order valence-corrected chi connectivity index (χ4v) is 2.23. The Labute approximate surface area is 111 Å². The maximum atomic E-state index is 13.0. The first kappa shape index (κ1) is 12.1. The first-order valence-corrected chi connectivity index (χ1v) is 5.86. The molecule has 0 atom stereocenters. The topological polar surface area (TPSA) is 50.9 Å². The summed E-state index contributed by atoms with van der Waals surface area (Å²) in [6.45, 7) is 0. The Morgan fingerprint density at radius 3 is 2.76 bits per heavy atom. The second-order valence-corrected chi connectivity index (χ2v) is 4.60. The van der Waals surface area contributed by atoms with Crippen molar-refractivity contribution in [1.82, 2.24) is 4.98 Å². The molecule has 0 unspecified atom stereocenters. The number of aromatic nitrogens is 1. The zero-order chi connectivity index (χ0) is 12.4. The molecule has 1 aromatic carbocycles. The summed E-state index contributed by atoms with van der Waals surface area (Å²) in [6.07, 6.45) is 1.57. The molecule has 1 aromatic heterocycles. The highest BCUT2D eigenvalue weighted by molar-refractivity contribution is 9.10. The first-order valence-electron chi connectivity index (χ1n) is 4.69. The summed E-state index contributed by atoms with van der Waals surface area (Å²) >= 11 is 9.19. The van der Waals surface area contributed by atoms with Crippen molar-refractivity contribution in [2.45, 2.75) is 0 Å². The normalized spacial score (nSPS) is 10.3. The summed E-state index contributed by atoms with van der Waals surface area (Å²) in [4.78, 5) is 3.87. The van der Waals surface area contributed by atoms with E-state index in [1.165, 1.54) is 12.1 Å². The third-order valence-corrected chi connectivity index (χ3v) is 2.98. The maximum absolute atomic E-state index is 13.0. The van der Waals surface area contributed by atoms with Crippen LogP contribution in [0, 0.1) is 5.82 Å². The molecule has 2 rings (SSSR count). The molecule has 0 fully saturated rings. The van der Waals surface area contributed by atoms with Crippen LogP contribution in [0.15, 0.2) is 34.9 Å². The lowest BCUT2D eigenvalue weighted by Gasteiger charge is -2.10. The molecular weight excluding hydrogens is 308 g/mol. The molecule has 0 aliphatic rings. The minimum Gasteiger partial charge on any atom is -0.384 e. The van der Waals surface area contributed by atoms with Crippen molar-refractivity contribution in [3.05, 3.63) is 45.8 Å². The molecule has 17 heavy (non-hydrogen) atoms. The third kappa shape index (κ3) is 2.87. The molecule has 0 aliphatic heterocycles. The van der Waals surface area contributed by atoms with Crippen molar-refractivity contribution in [3.8, 4) is 0 Å². The van der Waals surface area contributed by atoms with Gasteiger partial charge < -0.3 is 11.1 Å². The van der Waals surface area contributed by atoms with E-state index in [-0.39, 0.29) is 5.02 Å². The van der Waals surface area contributed by atoms with Gasteiger partial charge in [-0.2, -0.15) is 0 Å². The fraction of sp³-hybridized carbons (Fsp3) is 0. The Morgan fingerprint density at radius 2 is 2.12 bits per heavy atom. The van der Waals surface area contributed by atoms with Gasteiger partial charge >= 0.3 is 0 Å². The van der Waals surface area contributed by atoms with Gasteiger partial charge in [0.25, 0.3) is 0 Å². The fourth-order valence-electron chi connectivity index (χ4n) is 1.33. The van der Waals surface area contributed by atoms with Gasteiger partial charge in [-0.15, -0.1) is 0 Å². The maximum Gasteiger partial charge on any atom is 0.125 e. The van der Waals surface area contributed by atoms with Crippen LogP contribution in [-0.4, -0.2) is 4.98 Å². The average molecular weight is 317 g/mol. The number of nitrogens with one attached hydrogen (secondary N) is 1. The van der Waals surface area contributed by atoms with Gasteiger partial charge in [-0.05, 0) is 34.1 Å². The van der Waals surface area contributed by atoms with Crippen LogP contribution in [0.4, 0.5) is 21.6 Å². The van der Waals surface area contributed by atoms with Crippen LogP contribution in [0.3, 0.4) is 0 Å². The highest BCUT2D eigenvalue weighted by Crippen LogP contribution is 2.34. The van der Waals surface area contributed by atoms with E-state index in [0.717, 1.165) is 5.69 Å². The molecule has 2 aromatic rings. The molecule has 0 spiro atoms. The molecule has 0 aliphatic carbocycles. The number of nitrogens with two attached hydrogens (primary N) is 1. The molecule has 1 heterocycles. The van der Waals surface area contributed by atoms with Crippen LogP contribution < -0.4 is 11.1 Å². The summed E-state index contributed by atoms with van der Waals surface area (Å²) in [5, 5.41) is 3.33. The van der Waals surface area contributed by atoms with Gasteiger partial charge in [0.1, 0.15) is 11.6 Å². The van der Waals surface area contributed by atoms with E-state index in [0.29, 0.717) is 16.0 Å². The molecule has 0 amide bonds. The number of hydrogen-bond acceptors (Lipinski definition) is 3. The van der Waals surface area contributed by atoms with Crippen molar-refractivity contribution in [1.29, 1.82) is 0 Å². The quantitative estimate of drug-likeness (QED) is 0.881. The molecule has 88 valence electrons. The van der Waals surface area contributed by atoms with Crippen molar-refractivity contribution >= 4 is 44.7 Å². The lowest BCUT2D eigenvalue weighted by atomic mass is 10.3. The summed E-state index contributed by atoms with van der Waals surface area (Å²) in [5.74, 6) is -0.00831. The molecule has 0 saturated carbocycles. The number of pyridine rings is 1. The van der Waals surface area contributed by atoms with E-state index >= 15 is 0 Å². The van der Waals surface area contributed by atoms with Crippen LogP contribution in [-0.2, 0) is 0 Å². The number of hydrogen-bond donors (Lipinski definition) is 2.